The number of ether oxygens (including phenoxy) is 2. The number of hydroxylamine groups is 2. The number of pyridine rings is 2. The van der Waals surface area contributed by atoms with Gasteiger partial charge in [0.15, 0.2) is 18.9 Å². The van der Waals surface area contributed by atoms with Crippen molar-refractivity contribution in [2.75, 3.05) is 88.6 Å². The molecule has 19 nitrogen and oxygen atoms in total. The van der Waals surface area contributed by atoms with Gasteiger partial charge >= 0.3 is 64.9 Å². The number of aromatic nitrogens is 2. The molecule has 2 amide bonds. The topological polar surface area (TPSA) is 241 Å². The number of nitrogens with one attached hydrogen (secondary N) is 3. The van der Waals surface area contributed by atoms with Crippen molar-refractivity contribution in [2.45, 2.75) is 90.1 Å². The fraction of sp³-hybridized carbons (Fsp3) is 0.667. The molecule has 62 heavy (non-hydrogen) atoms. The van der Waals surface area contributed by atoms with Crippen LogP contribution >= 0.6 is 59.9 Å². The van der Waals surface area contributed by atoms with Gasteiger partial charge in [0, 0.05) is 96.8 Å². The Bertz CT molecular complexity index is 1490. The number of piperazine rings is 2. The number of halogens is 3. The third-order valence-electron chi connectivity index (χ3n) is 9.61. The molecule has 4 aliphatic rings. The van der Waals surface area contributed by atoms with Crippen molar-refractivity contribution in [3.63, 3.8) is 0 Å². The molecule has 2 aromatic rings. The normalized spacial score (nSPS) is 20.4. The van der Waals surface area contributed by atoms with Gasteiger partial charge in [0.25, 0.3) is 11.8 Å². The van der Waals surface area contributed by atoms with E-state index in [-0.39, 0.29) is 48.2 Å². The van der Waals surface area contributed by atoms with Crippen molar-refractivity contribution in [3.05, 3.63) is 47.8 Å². The summed E-state index contributed by atoms with van der Waals surface area (Å²) < 4.78 is 10.8. The number of anilines is 2. The van der Waals surface area contributed by atoms with Crippen LogP contribution in [-0.4, -0.2) is 163 Å². The van der Waals surface area contributed by atoms with Crippen molar-refractivity contribution in [1.82, 2.24) is 31.1 Å². The molecule has 23 heteroatoms. The van der Waals surface area contributed by atoms with Crippen molar-refractivity contribution >= 4 is 89.7 Å². The van der Waals surface area contributed by atoms with Crippen molar-refractivity contribution in [3.8, 4) is 0 Å². The van der Waals surface area contributed by atoms with Crippen LogP contribution in [0.15, 0.2) is 36.7 Å². The summed E-state index contributed by atoms with van der Waals surface area (Å²) in [6.07, 6.45) is 6.49. The fourth-order valence-corrected chi connectivity index (χ4v) is 6.07. The van der Waals surface area contributed by atoms with Gasteiger partial charge in [-0.15, -0.1) is 0 Å². The summed E-state index contributed by atoms with van der Waals surface area (Å²) in [4.78, 5) is 59.1. The van der Waals surface area contributed by atoms with Crippen LogP contribution < -0.4 is 26.1 Å². The van der Waals surface area contributed by atoms with Gasteiger partial charge in [0.1, 0.15) is 17.7 Å². The predicted octanol–water partition coefficient (Wildman–Crippen LogP) is 3.03. The quantitative estimate of drug-likeness (QED) is 0.0867. The van der Waals surface area contributed by atoms with Crippen molar-refractivity contribution in [2.24, 2.45) is 0 Å². The Hall–Kier alpha value is -1.12. The number of aliphatic hydroxyl groups is 4. The van der Waals surface area contributed by atoms with Crippen LogP contribution in [0.5, 0.6) is 0 Å². The maximum absolute atomic E-state index is 12.2. The minimum absolute atomic E-state index is 0.0840. The Morgan fingerprint density at radius 2 is 1.26 bits per heavy atom. The summed E-state index contributed by atoms with van der Waals surface area (Å²) >= 11 is 7.39. The van der Waals surface area contributed by atoms with Crippen LogP contribution in [0.1, 0.15) is 80.0 Å². The molecule has 6 heterocycles. The Morgan fingerprint density at radius 1 is 0.806 bits per heavy atom. The van der Waals surface area contributed by atoms with E-state index in [1.807, 2.05) is 32.9 Å². The van der Waals surface area contributed by atoms with E-state index in [4.69, 9.17) is 34.5 Å². The number of carbonyl (C=O) groups excluding carboxylic acids is 3. The maximum atomic E-state index is 12.2. The predicted molar refractivity (Wildman–Crippen MR) is 257 cm³/mol. The van der Waals surface area contributed by atoms with Gasteiger partial charge in [-0.25, -0.2) is 30.6 Å². The zero-order chi connectivity index (χ0) is 45.7. The number of carbonyl (C=O) groups is 3. The van der Waals surface area contributed by atoms with E-state index in [0.29, 0.717) is 24.3 Å². The standard InChI is InChI=1S/C19H30N4O5.C15H22N4O3.C3H6O3.C2H6.3HI.V/c1-14(16(25)13-24)22-7-9-23(10-8-22)17-6-5-15(12-20-17)19(26)21-28-18-4-2-3-11-27-18;20-15(18-22-14-3-1-2-10-21-14)12-4-5-13(17-11-12)19-8-6-16-7-9-19;4-1-3(6)2-5;1-2;;;;/h5-6,12,14,16,18,24-25H,2-4,7-11,13H2,1H3,(H,21,26);4-5,11,14,16H,1-3,6-10H2,(H,18,20);1,3,5-6H,2H2;1-2H3;3*1H;/q;;;;;;;+3/p-3. The van der Waals surface area contributed by atoms with Gasteiger partial charge in [0.2, 0.25) is 0 Å². The Morgan fingerprint density at radius 3 is 1.60 bits per heavy atom. The number of aldehydes is 1. The minimum atomic E-state index is -1.19. The summed E-state index contributed by atoms with van der Waals surface area (Å²) in [7, 11) is 0. The Balaban J connectivity index is 0.000000344. The second-order valence-electron chi connectivity index (χ2n) is 13.8. The fourth-order valence-electron chi connectivity index (χ4n) is 6.07. The second-order valence-corrected chi connectivity index (χ2v) is 49.2. The SMILES string of the molecule is CC.CC(C(O)CO)N1CCN(c2ccc(C(=O)NOC3CCCCO3)cn2)CC1.O=C(NOC1CCCCO1)c1ccc(N2CCNCC2)nc1.O=CC(O)CO.[I][V]([I])[I]. The zero-order valence-corrected chi connectivity index (χ0v) is 43.5. The van der Waals surface area contributed by atoms with E-state index < -0.39 is 18.8 Å². The van der Waals surface area contributed by atoms with Crippen molar-refractivity contribution < 1.29 is 58.9 Å². The molecular formula is C39H64I3N8O11V. The third-order valence-corrected chi connectivity index (χ3v) is 9.61. The van der Waals surface area contributed by atoms with Gasteiger partial charge in [-0.3, -0.25) is 14.5 Å². The molecule has 2 aromatic heterocycles. The number of amides is 2. The van der Waals surface area contributed by atoms with E-state index in [1.165, 1.54) is 0 Å². The molecule has 4 fully saturated rings. The van der Waals surface area contributed by atoms with Crippen LogP contribution in [0.3, 0.4) is 0 Å². The molecule has 0 bridgehead atoms. The number of hydrogen-bond donors (Lipinski definition) is 7. The van der Waals surface area contributed by atoms with Crippen molar-refractivity contribution in [1.29, 1.82) is 0 Å². The molecule has 6 rings (SSSR count). The van der Waals surface area contributed by atoms with Crippen LogP contribution in [0.4, 0.5) is 11.6 Å². The van der Waals surface area contributed by atoms with E-state index in [2.05, 4.69) is 101 Å². The monoisotopic (exact) mass is 1250 g/mol. The summed E-state index contributed by atoms with van der Waals surface area (Å²) in [5, 5.41) is 38.1. The Labute approximate surface area is 402 Å². The van der Waals surface area contributed by atoms with E-state index >= 15 is 0 Å². The van der Waals surface area contributed by atoms with E-state index in [9.17, 15) is 19.5 Å². The second kappa shape index (κ2) is 34.2. The van der Waals surface area contributed by atoms with Crippen LogP contribution in [0.25, 0.3) is 0 Å². The molecule has 4 aliphatic heterocycles. The van der Waals surface area contributed by atoms with Gasteiger partial charge in [-0.1, -0.05) is 13.8 Å². The average Bonchev–Trinajstić information content (AvgIpc) is 3.33. The average molecular weight is 1250 g/mol. The molecule has 0 spiro atoms. The molecule has 352 valence electrons. The molecular weight excluding hydrogens is 1190 g/mol. The molecule has 7 N–H and O–H groups in total. The number of rotatable bonds is 13. The molecule has 4 saturated heterocycles. The summed E-state index contributed by atoms with van der Waals surface area (Å²) in [6.45, 7) is 13.4. The third kappa shape index (κ3) is 22.9. The summed E-state index contributed by atoms with van der Waals surface area (Å²) in [6, 6.07) is 7.11. The molecule has 0 aliphatic carbocycles. The first kappa shape index (κ1) is 57.0. The number of aliphatic hydroxyl groups excluding tert-OH is 4. The van der Waals surface area contributed by atoms with Crippen LogP contribution in [-0.2, 0) is 28.9 Å². The van der Waals surface area contributed by atoms with Gasteiger partial charge in [0.05, 0.1) is 30.4 Å². The van der Waals surface area contributed by atoms with Gasteiger partial charge in [-0.05, 0) is 56.9 Å². The summed E-state index contributed by atoms with van der Waals surface area (Å²) in [5.74, 6) is 1.07. The first-order valence-electron chi connectivity index (χ1n) is 20.8. The van der Waals surface area contributed by atoms with Crippen LogP contribution in [0, 0.1) is 0 Å². The van der Waals surface area contributed by atoms with Gasteiger partial charge < -0.3 is 49.8 Å². The summed E-state index contributed by atoms with van der Waals surface area (Å²) in [5.41, 5.74) is 5.78. The Kier molecular flexibility index (Phi) is 31.5. The molecule has 0 radical (unpaired) electrons. The molecule has 0 aromatic carbocycles. The molecule has 5 unspecified atom stereocenters. The van der Waals surface area contributed by atoms with Crippen LogP contribution in [0.2, 0.25) is 0 Å². The first-order chi connectivity index (χ1) is 29.9. The molecule has 0 saturated carbocycles. The van der Waals surface area contributed by atoms with E-state index in [1.54, 1.807) is 24.5 Å². The number of nitrogens with zero attached hydrogens (tertiary/aromatic N) is 5. The first-order valence-corrected chi connectivity index (χ1v) is 34.3. The van der Waals surface area contributed by atoms with E-state index in [0.717, 1.165) is 103 Å². The van der Waals surface area contributed by atoms with Gasteiger partial charge in [-0.2, -0.15) is 0 Å². The molecule has 5 atom stereocenters. The number of hydrogen-bond acceptors (Lipinski definition) is 17. The zero-order valence-electron chi connectivity index (χ0n) is 35.6.